The fourth-order valence-electron chi connectivity index (χ4n) is 3.31. The predicted molar refractivity (Wildman–Crippen MR) is 107 cm³/mol. The van der Waals surface area contributed by atoms with Gasteiger partial charge in [0.25, 0.3) is 0 Å². The molecule has 0 aliphatic carbocycles. The summed E-state index contributed by atoms with van der Waals surface area (Å²) in [6, 6.07) is 32.1. The summed E-state index contributed by atoms with van der Waals surface area (Å²) in [6.07, 6.45) is 3.34. The molecule has 0 spiro atoms. The Hall–Kier alpha value is -3.23. The molecule has 3 aromatic carbocycles. The van der Waals surface area contributed by atoms with Gasteiger partial charge in [-0.2, -0.15) is 4.98 Å². The van der Waals surface area contributed by atoms with Crippen LogP contribution >= 0.6 is 0 Å². The van der Waals surface area contributed by atoms with E-state index in [-0.39, 0.29) is 26.8 Å². The summed E-state index contributed by atoms with van der Waals surface area (Å²) in [5.41, 5.74) is 4.34. The zero-order valence-electron chi connectivity index (χ0n) is 15.3. The molecule has 142 valence electrons. The van der Waals surface area contributed by atoms with Gasteiger partial charge in [-0.25, -0.2) is 0 Å². The van der Waals surface area contributed by atoms with Gasteiger partial charge >= 0.3 is 21.1 Å². The molecule has 0 unspecified atom stereocenters. The van der Waals surface area contributed by atoms with E-state index in [1.54, 1.807) is 12.1 Å². The summed E-state index contributed by atoms with van der Waals surface area (Å²) >= 11 is 0. The van der Waals surface area contributed by atoms with Crippen LogP contribution in [0.25, 0.3) is 33.8 Å². The summed E-state index contributed by atoms with van der Waals surface area (Å²) in [6.45, 7) is 0. The standard InChI is InChI=1S/C24H16N3O.Pt/c28-23-15-7-6-14-22(23)26-17-27(21-13-5-4-12-20(21)26)24-16-8-11-19(25-24)18-9-2-1-3-10-18;/h1-9,11-16,28H;/q-1;+2. The molecule has 0 bridgehead atoms. The topological polar surface area (TPSA) is 41.9 Å². The first kappa shape index (κ1) is 19.1. The molecule has 0 atom stereocenters. The number of phenolic OH excluding ortho intramolecular Hbond substituents is 1. The van der Waals surface area contributed by atoms with Crippen LogP contribution in [0.3, 0.4) is 0 Å². The molecule has 1 N–H and O–H groups in total. The van der Waals surface area contributed by atoms with E-state index in [9.17, 15) is 5.11 Å². The third kappa shape index (κ3) is 3.48. The van der Waals surface area contributed by atoms with Crippen LogP contribution in [0.1, 0.15) is 0 Å². The minimum Gasteiger partial charge on any atom is -0.512 e. The monoisotopic (exact) mass is 557 g/mol. The van der Waals surface area contributed by atoms with Crippen molar-refractivity contribution in [3.05, 3.63) is 103 Å². The number of hydrogen-bond donors (Lipinski definition) is 1. The number of phenols is 1. The van der Waals surface area contributed by atoms with E-state index < -0.39 is 0 Å². The van der Waals surface area contributed by atoms with Crippen molar-refractivity contribution < 1.29 is 30.7 Å². The molecular formula is C24H16N3OPt+. The Morgan fingerprint density at radius 2 is 1.62 bits per heavy atom. The van der Waals surface area contributed by atoms with E-state index >= 15 is 0 Å². The molecule has 0 aliphatic rings. The average molecular weight is 557 g/mol. The van der Waals surface area contributed by atoms with Gasteiger partial charge in [0.15, 0.2) is 12.1 Å². The third-order valence-electron chi connectivity index (χ3n) is 4.63. The molecule has 5 rings (SSSR count). The Morgan fingerprint density at radius 1 is 0.828 bits per heavy atom. The first-order valence-corrected chi connectivity index (χ1v) is 8.99. The Balaban J connectivity index is 0.00000205. The van der Waals surface area contributed by atoms with Gasteiger partial charge in [-0.15, -0.1) is 35.9 Å². The number of benzene rings is 3. The van der Waals surface area contributed by atoms with Crippen molar-refractivity contribution in [1.82, 2.24) is 9.55 Å². The second-order valence-electron chi connectivity index (χ2n) is 6.41. The van der Waals surface area contributed by atoms with E-state index in [4.69, 9.17) is 4.98 Å². The molecule has 5 heteroatoms. The molecule has 29 heavy (non-hydrogen) atoms. The number of pyridine rings is 1. The fraction of sp³-hybridized carbons (Fsp3) is 0. The first-order valence-electron chi connectivity index (χ1n) is 8.99. The smallest absolute Gasteiger partial charge is 0.512 e. The van der Waals surface area contributed by atoms with Crippen LogP contribution in [-0.4, -0.2) is 14.7 Å². The summed E-state index contributed by atoms with van der Waals surface area (Å²) in [7, 11) is 0. The summed E-state index contributed by atoms with van der Waals surface area (Å²) in [4.78, 5) is 4.82. The zero-order chi connectivity index (χ0) is 18.9. The van der Waals surface area contributed by atoms with Gasteiger partial charge in [-0.05, 0) is 12.1 Å². The zero-order valence-corrected chi connectivity index (χ0v) is 17.5. The Labute approximate surface area is 183 Å². The van der Waals surface area contributed by atoms with Crippen molar-refractivity contribution >= 4 is 11.0 Å². The SMILES string of the molecule is Oc1ccccc1-n1[c-][n+](-c2cccc(-c3[c-]cccc3)n2)c2ccccc21.[Pt+2]. The number of nitrogens with zero attached hydrogens (tertiary/aromatic N) is 3. The van der Waals surface area contributed by atoms with E-state index in [0.29, 0.717) is 5.69 Å². The molecule has 0 amide bonds. The first-order chi connectivity index (χ1) is 13.8. The normalized spacial score (nSPS) is 10.6. The van der Waals surface area contributed by atoms with Crippen molar-refractivity contribution in [1.29, 1.82) is 0 Å². The number of fused-ring (bicyclic) bond motifs is 1. The molecule has 0 saturated carbocycles. The minimum absolute atomic E-state index is 0. The maximum absolute atomic E-state index is 10.3. The van der Waals surface area contributed by atoms with Gasteiger partial charge in [0, 0.05) is 11.0 Å². The summed E-state index contributed by atoms with van der Waals surface area (Å²) < 4.78 is 3.77. The summed E-state index contributed by atoms with van der Waals surface area (Å²) in [5.74, 6) is 0.951. The predicted octanol–water partition coefficient (Wildman–Crippen LogP) is 4.27. The van der Waals surface area contributed by atoms with Crippen molar-refractivity contribution in [3.8, 4) is 28.5 Å². The van der Waals surface area contributed by atoms with Crippen LogP contribution in [0.15, 0.2) is 91.0 Å². The maximum atomic E-state index is 10.3. The van der Waals surface area contributed by atoms with Crippen molar-refractivity contribution in [3.63, 3.8) is 0 Å². The Morgan fingerprint density at radius 3 is 2.45 bits per heavy atom. The number of imidazole rings is 1. The van der Waals surface area contributed by atoms with Gasteiger partial charge in [-0.3, -0.25) is 4.57 Å². The van der Waals surface area contributed by atoms with E-state index in [1.807, 2.05) is 88.0 Å². The van der Waals surface area contributed by atoms with Gasteiger partial charge < -0.3 is 9.67 Å². The molecule has 5 aromatic rings. The number of para-hydroxylation sites is 4. The molecule has 0 fully saturated rings. The molecular weight excluding hydrogens is 541 g/mol. The molecule has 2 heterocycles. The van der Waals surface area contributed by atoms with E-state index in [2.05, 4.69) is 12.4 Å². The largest absolute Gasteiger partial charge is 2.00 e. The number of aromatic hydroxyl groups is 1. The Kier molecular flexibility index (Phi) is 5.28. The van der Waals surface area contributed by atoms with Gasteiger partial charge in [0.1, 0.15) is 5.75 Å². The average Bonchev–Trinajstić information content (AvgIpc) is 3.14. The number of rotatable bonds is 3. The minimum atomic E-state index is 0. The van der Waals surface area contributed by atoms with Crippen molar-refractivity contribution in [2.45, 2.75) is 0 Å². The van der Waals surface area contributed by atoms with E-state index in [1.165, 1.54) is 0 Å². The molecule has 0 saturated heterocycles. The van der Waals surface area contributed by atoms with Gasteiger partial charge in [0.2, 0.25) is 0 Å². The van der Waals surface area contributed by atoms with Crippen LogP contribution in [0.5, 0.6) is 5.75 Å². The number of hydrogen-bond acceptors (Lipinski definition) is 2. The van der Waals surface area contributed by atoms with E-state index in [0.717, 1.165) is 28.1 Å². The van der Waals surface area contributed by atoms with Crippen LogP contribution in [-0.2, 0) is 21.1 Å². The van der Waals surface area contributed by atoms with Crippen LogP contribution in [0.2, 0.25) is 0 Å². The third-order valence-corrected chi connectivity index (χ3v) is 4.63. The molecule has 4 nitrogen and oxygen atoms in total. The van der Waals surface area contributed by atoms with Crippen LogP contribution < -0.4 is 4.57 Å². The van der Waals surface area contributed by atoms with Crippen LogP contribution in [0, 0.1) is 12.4 Å². The maximum Gasteiger partial charge on any atom is 2.00 e. The Bertz CT molecular complexity index is 1280. The fourth-order valence-corrected chi connectivity index (χ4v) is 3.31. The second kappa shape index (κ2) is 8.02. The van der Waals surface area contributed by atoms with Gasteiger partial charge in [-0.1, -0.05) is 54.6 Å². The molecule has 0 radical (unpaired) electrons. The second-order valence-corrected chi connectivity index (χ2v) is 6.41. The van der Waals surface area contributed by atoms with Gasteiger partial charge in [0.05, 0.1) is 11.4 Å². The molecule has 0 aliphatic heterocycles. The van der Waals surface area contributed by atoms with Crippen molar-refractivity contribution in [2.24, 2.45) is 0 Å². The summed E-state index contributed by atoms with van der Waals surface area (Å²) in [5, 5.41) is 10.3. The van der Waals surface area contributed by atoms with Crippen molar-refractivity contribution in [2.75, 3.05) is 0 Å². The van der Waals surface area contributed by atoms with Crippen LogP contribution in [0.4, 0.5) is 0 Å². The quantitative estimate of drug-likeness (QED) is 0.266. The number of aromatic nitrogens is 3. The molecule has 2 aromatic heterocycles.